The van der Waals surface area contributed by atoms with E-state index < -0.39 is 11.7 Å². The summed E-state index contributed by atoms with van der Waals surface area (Å²) >= 11 is 0. The molecule has 1 aromatic carbocycles. The van der Waals surface area contributed by atoms with Gasteiger partial charge in [0.15, 0.2) is 0 Å². The zero-order valence-electron chi connectivity index (χ0n) is 6.65. The van der Waals surface area contributed by atoms with Crippen LogP contribution in [0.25, 0.3) is 0 Å². The molecular weight excluding hydrogens is 181 g/mol. The van der Waals surface area contributed by atoms with Gasteiger partial charge in [-0.3, -0.25) is 0 Å². The van der Waals surface area contributed by atoms with Crippen LogP contribution in [0.1, 0.15) is 11.1 Å². The molecule has 66 valence electrons. The van der Waals surface area contributed by atoms with Crippen LogP contribution in [0.2, 0.25) is 0 Å². The van der Waals surface area contributed by atoms with Crippen LogP contribution in [0.4, 0.5) is 13.2 Å². The molecule has 1 aromatic rings. The maximum Gasteiger partial charge on any atom is 0.416 e. The highest BCUT2D eigenvalue weighted by Gasteiger charge is 2.29. The number of halogens is 3. The third-order valence-electron chi connectivity index (χ3n) is 1.69. The van der Waals surface area contributed by atoms with Crippen LogP contribution >= 0.6 is 0 Å². The van der Waals surface area contributed by atoms with Gasteiger partial charge in [0.25, 0.3) is 0 Å². The van der Waals surface area contributed by atoms with Gasteiger partial charge in [-0.1, -0.05) is 17.7 Å². The molecule has 0 amide bonds. The summed E-state index contributed by atoms with van der Waals surface area (Å²) in [6.45, 7) is 0. The lowest BCUT2D eigenvalue weighted by molar-refractivity contribution is -0.137. The Balaban J connectivity index is 2.93. The van der Waals surface area contributed by atoms with Gasteiger partial charge in [-0.25, -0.2) is 0 Å². The van der Waals surface area contributed by atoms with E-state index >= 15 is 0 Å². The zero-order valence-corrected chi connectivity index (χ0v) is 8.65. The lowest BCUT2D eigenvalue weighted by Crippen LogP contribution is -2.04. The molecule has 0 bridgehead atoms. The van der Waals surface area contributed by atoms with Gasteiger partial charge in [-0.2, -0.15) is 13.2 Å². The van der Waals surface area contributed by atoms with Gasteiger partial charge in [0.05, 0.1) is 5.56 Å². The lowest BCUT2D eigenvalue weighted by Gasteiger charge is -2.06. The highest BCUT2D eigenvalue weighted by molar-refractivity contribution is 6.08. The van der Waals surface area contributed by atoms with Crippen molar-refractivity contribution in [3.63, 3.8) is 0 Å². The molecule has 0 spiro atoms. The maximum atomic E-state index is 12.0. The van der Waals surface area contributed by atoms with E-state index in [1.54, 1.807) is 0 Å². The van der Waals surface area contributed by atoms with E-state index in [2.05, 4.69) is 0 Å². The van der Waals surface area contributed by atoms with Gasteiger partial charge in [-0.15, -0.1) is 0 Å². The first kappa shape index (κ1) is 9.32. The van der Waals surface area contributed by atoms with Crippen LogP contribution in [0.5, 0.6) is 0 Å². The Hall–Kier alpha value is -0.773. The topological polar surface area (TPSA) is 0 Å². The molecule has 1 rings (SSSR count). The molecule has 0 aliphatic carbocycles. The van der Waals surface area contributed by atoms with E-state index in [-0.39, 0.29) is 0 Å². The summed E-state index contributed by atoms with van der Waals surface area (Å²) in [4.78, 5) is 0. The molecule has 0 saturated heterocycles. The molecule has 0 aromatic heterocycles. The minimum atomic E-state index is -4.20. The van der Waals surface area contributed by atoms with E-state index in [0.717, 1.165) is 34.0 Å². The normalized spacial score (nSPS) is 11.9. The number of hydrogen-bond donors (Lipinski definition) is 0. The Bertz CT molecular complexity index is 250. The largest absolute Gasteiger partial charge is 0.416 e. The van der Waals surface area contributed by atoms with Crippen molar-refractivity contribution in [2.75, 3.05) is 0 Å². The summed E-state index contributed by atoms with van der Waals surface area (Å²) in [5.74, 6) is 0. The van der Waals surface area contributed by atoms with Crippen molar-refractivity contribution in [3.05, 3.63) is 35.4 Å². The van der Waals surface area contributed by atoms with Crippen LogP contribution in [0.3, 0.4) is 0 Å². The van der Waals surface area contributed by atoms with E-state index in [0.29, 0.717) is 0 Å². The Morgan fingerprint density at radius 2 is 1.58 bits per heavy atom. The van der Waals surface area contributed by atoms with Crippen molar-refractivity contribution < 1.29 is 13.2 Å². The molecule has 12 heavy (non-hydrogen) atoms. The van der Waals surface area contributed by atoms with Gasteiger partial charge < -0.3 is 0 Å². The monoisotopic (exact) mass is 190 g/mol. The molecule has 0 N–H and O–H groups in total. The van der Waals surface area contributed by atoms with Gasteiger partial charge in [-0.05, 0) is 18.2 Å². The first-order valence-electron chi connectivity index (χ1n) is 3.70. The average Bonchev–Trinajstić information content (AvgIpc) is 2.03. The Morgan fingerprint density at radius 1 is 1.08 bits per heavy atom. The minimum absolute atomic E-state index is 0.568. The van der Waals surface area contributed by atoms with Crippen LogP contribution in [0, 0.1) is 0 Å². The molecule has 0 fully saturated rings. The maximum absolute atomic E-state index is 12.0. The van der Waals surface area contributed by atoms with Crippen LogP contribution in [0.15, 0.2) is 24.3 Å². The van der Waals surface area contributed by atoms with Crippen LogP contribution < -0.4 is 0 Å². The molecule has 0 heterocycles. The standard InChI is InChI=1S/C8H9F3Si/c9-8(10,11)7-3-1-6(5-12)2-4-7/h1-4H,5H2,12H3. The molecule has 0 aliphatic heterocycles. The molecule has 0 saturated carbocycles. The molecule has 0 unspecified atom stereocenters. The molecule has 4 heteroatoms. The van der Waals surface area contributed by atoms with Gasteiger partial charge >= 0.3 is 6.18 Å². The molecule has 0 aliphatic rings. The van der Waals surface area contributed by atoms with E-state index in [1.807, 2.05) is 0 Å². The SMILES string of the molecule is FC(F)(F)c1ccc(C[SiH3])cc1. The van der Waals surface area contributed by atoms with Crippen molar-refractivity contribution in [2.24, 2.45) is 0 Å². The smallest absolute Gasteiger partial charge is 0.166 e. The second kappa shape index (κ2) is 3.31. The number of rotatable bonds is 1. The molecule has 0 radical (unpaired) electrons. The van der Waals surface area contributed by atoms with Crippen LogP contribution in [-0.4, -0.2) is 10.2 Å². The minimum Gasteiger partial charge on any atom is -0.166 e. The summed E-state index contributed by atoms with van der Waals surface area (Å²) in [5.41, 5.74) is 0.413. The van der Waals surface area contributed by atoms with Crippen LogP contribution in [-0.2, 0) is 12.2 Å². The first-order chi connectivity index (χ1) is 5.54. The van der Waals surface area contributed by atoms with Crippen molar-refractivity contribution >= 4 is 10.2 Å². The number of benzene rings is 1. The Kier molecular flexibility index (Phi) is 2.57. The predicted molar refractivity (Wildman–Crippen MR) is 45.1 cm³/mol. The van der Waals surface area contributed by atoms with Crippen molar-refractivity contribution in [1.29, 1.82) is 0 Å². The number of alkyl halides is 3. The first-order valence-corrected chi connectivity index (χ1v) is 5.11. The molecule has 0 atom stereocenters. The second-order valence-electron chi connectivity index (χ2n) is 2.55. The summed E-state index contributed by atoms with van der Waals surface area (Å²) in [7, 11) is 0.982. The molecular formula is C8H9F3Si. The van der Waals surface area contributed by atoms with Crippen molar-refractivity contribution in [2.45, 2.75) is 12.2 Å². The summed E-state index contributed by atoms with van der Waals surface area (Å²) < 4.78 is 36.1. The highest BCUT2D eigenvalue weighted by Crippen LogP contribution is 2.28. The van der Waals surface area contributed by atoms with Gasteiger partial charge in [0, 0.05) is 10.2 Å². The van der Waals surface area contributed by atoms with Gasteiger partial charge in [0.1, 0.15) is 0 Å². The van der Waals surface area contributed by atoms with E-state index in [4.69, 9.17) is 0 Å². The Labute approximate surface area is 71.8 Å². The van der Waals surface area contributed by atoms with E-state index in [1.165, 1.54) is 12.1 Å². The third-order valence-corrected chi connectivity index (χ3v) is 2.51. The summed E-state index contributed by atoms with van der Waals surface area (Å²) in [6.07, 6.45) is -4.20. The fraction of sp³-hybridized carbons (Fsp3) is 0.250. The highest BCUT2D eigenvalue weighted by atomic mass is 28.1. The fourth-order valence-corrected chi connectivity index (χ4v) is 1.40. The summed E-state index contributed by atoms with van der Waals surface area (Å²) in [5, 5.41) is 0. The average molecular weight is 190 g/mol. The second-order valence-corrected chi connectivity index (χ2v) is 3.26. The van der Waals surface area contributed by atoms with Crippen molar-refractivity contribution in [3.8, 4) is 0 Å². The van der Waals surface area contributed by atoms with E-state index in [9.17, 15) is 13.2 Å². The molecule has 0 nitrogen and oxygen atoms in total. The Morgan fingerprint density at radius 3 is 1.92 bits per heavy atom. The quantitative estimate of drug-likeness (QED) is 0.590. The van der Waals surface area contributed by atoms with Gasteiger partial charge in [0.2, 0.25) is 0 Å². The lowest BCUT2D eigenvalue weighted by atomic mass is 10.1. The van der Waals surface area contributed by atoms with Crippen molar-refractivity contribution in [1.82, 2.24) is 0 Å². The zero-order chi connectivity index (χ0) is 9.19. The number of hydrogen-bond acceptors (Lipinski definition) is 0. The fourth-order valence-electron chi connectivity index (χ4n) is 0.929. The summed E-state index contributed by atoms with van der Waals surface area (Å²) in [6, 6.07) is 6.24. The predicted octanol–water partition coefficient (Wildman–Crippen LogP) is 1.57. The third kappa shape index (κ3) is 2.10.